The molecule has 0 spiro atoms. The van der Waals surface area contributed by atoms with Gasteiger partial charge in [-0.25, -0.2) is 9.97 Å². The van der Waals surface area contributed by atoms with Gasteiger partial charge in [0.25, 0.3) is 0 Å². The zero-order valence-corrected chi connectivity index (χ0v) is 12.0. The van der Waals surface area contributed by atoms with Crippen LogP contribution in [0, 0.1) is 0 Å². The van der Waals surface area contributed by atoms with Crippen LogP contribution in [0.3, 0.4) is 0 Å². The molecule has 3 nitrogen and oxygen atoms in total. The lowest BCUT2D eigenvalue weighted by atomic mass is 10.2. The molecule has 94 valence electrons. The Labute approximate surface area is 116 Å². The second-order valence-electron chi connectivity index (χ2n) is 4.10. The zero-order valence-electron chi connectivity index (χ0n) is 10.4. The molecule has 0 amide bonds. The first-order valence-electron chi connectivity index (χ1n) is 6.05. The van der Waals surface area contributed by atoms with E-state index in [2.05, 4.69) is 62.0 Å². The van der Waals surface area contributed by atoms with Gasteiger partial charge < -0.3 is 4.90 Å². The Hall–Kier alpha value is -1.42. The smallest absolute Gasteiger partial charge is 0.146 e. The van der Waals surface area contributed by atoms with Crippen LogP contribution in [0.5, 0.6) is 0 Å². The van der Waals surface area contributed by atoms with E-state index in [1.807, 2.05) is 6.07 Å². The topological polar surface area (TPSA) is 29.0 Å². The van der Waals surface area contributed by atoms with Gasteiger partial charge in [-0.05, 0) is 27.9 Å². The maximum atomic E-state index is 4.36. The number of benzene rings is 1. The highest BCUT2D eigenvalue weighted by Gasteiger charge is 2.11. The fourth-order valence-corrected chi connectivity index (χ4v) is 2.34. The first-order valence-corrected chi connectivity index (χ1v) is 6.85. The van der Waals surface area contributed by atoms with E-state index in [4.69, 9.17) is 0 Å². The van der Waals surface area contributed by atoms with E-state index in [1.165, 1.54) is 5.56 Å². The third-order valence-corrected chi connectivity index (χ3v) is 3.22. The average molecular weight is 306 g/mol. The summed E-state index contributed by atoms with van der Waals surface area (Å²) in [7, 11) is 0. The highest BCUT2D eigenvalue weighted by Crippen LogP contribution is 2.23. The normalized spacial score (nSPS) is 10.3. The Morgan fingerprint density at radius 3 is 2.67 bits per heavy atom. The molecule has 0 aliphatic carbocycles. The largest absolute Gasteiger partial charge is 0.351 e. The Bertz CT molecular complexity index is 487. The minimum absolute atomic E-state index is 0.865. The van der Waals surface area contributed by atoms with Gasteiger partial charge in [0, 0.05) is 19.3 Å². The first-order chi connectivity index (χ1) is 8.81. The molecule has 4 heteroatoms. The van der Waals surface area contributed by atoms with E-state index in [-0.39, 0.29) is 0 Å². The van der Waals surface area contributed by atoms with Crippen LogP contribution in [0.1, 0.15) is 18.9 Å². The lowest BCUT2D eigenvalue weighted by Crippen LogP contribution is -2.24. The van der Waals surface area contributed by atoms with Gasteiger partial charge in [0.15, 0.2) is 0 Å². The third kappa shape index (κ3) is 3.29. The van der Waals surface area contributed by atoms with E-state index in [0.717, 1.165) is 29.8 Å². The molecule has 2 rings (SSSR count). The quantitative estimate of drug-likeness (QED) is 0.844. The molecule has 0 aliphatic rings. The van der Waals surface area contributed by atoms with E-state index < -0.39 is 0 Å². The molecule has 0 aliphatic heterocycles. The second-order valence-corrected chi connectivity index (χ2v) is 4.96. The van der Waals surface area contributed by atoms with Crippen LogP contribution in [-0.2, 0) is 6.54 Å². The van der Waals surface area contributed by atoms with Crippen molar-refractivity contribution in [1.29, 1.82) is 0 Å². The molecule has 0 atom stereocenters. The van der Waals surface area contributed by atoms with Gasteiger partial charge in [-0.3, -0.25) is 0 Å². The minimum Gasteiger partial charge on any atom is -0.351 e. The van der Waals surface area contributed by atoms with Crippen molar-refractivity contribution in [2.24, 2.45) is 0 Å². The van der Waals surface area contributed by atoms with Crippen LogP contribution in [0.4, 0.5) is 5.82 Å². The van der Waals surface area contributed by atoms with E-state index in [0.29, 0.717) is 0 Å². The fourth-order valence-electron chi connectivity index (χ4n) is 1.87. The molecule has 0 N–H and O–H groups in total. The van der Waals surface area contributed by atoms with Gasteiger partial charge in [0.1, 0.15) is 12.1 Å². The van der Waals surface area contributed by atoms with Crippen molar-refractivity contribution in [2.75, 3.05) is 11.4 Å². The molecule has 0 bridgehead atoms. The standard InChI is InChI=1S/C14H16BrN3/c1-2-8-18(10-12-6-4-3-5-7-12)14-13(15)9-16-11-17-14/h3-7,9,11H,2,8,10H2,1H3. The van der Waals surface area contributed by atoms with Gasteiger partial charge >= 0.3 is 0 Å². The first kappa shape index (κ1) is 13.0. The van der Waals surface area contributed by atoms with Crippen LogP contribution in [-0.4, -0.2) is 16.5 Å². The summed E-state index contributed by atoms with van der Waals surface area (Å²) in [6.45, 7) is 4.02. The Morgan fingerprint density at radius 1 is 1.22 bits per heavy atom. The number of rotatable bonds is 5. The summed E-state index contributed by atoms with van der Waals surface area (Å²) in [5, 5.41) is 0. The van der Waals surface area contributed by atoms with Crippen molar-refractivity contribution >= 4 is 21.7 Å². The van der Waals surface area contributed by atoms with Crippen LogP contribution in [0.25, 0.3) is 0 Å². The van der Waals surface area contributed by atoms with E-state index >= 15 is 0 Å². The fraction of sp³-hybridized carbons (Fsp3) is 0.286. The summed E-state index contributed by atoms with van der Waals surface area (Å²) in [6, 6.07) is 10.4. The van der Waals surface area contributed by atoms with Crippen molar-refractivity contribution in [3.8, 4) is 0 Å². The van der Waals surface area contributed by atoms with Gasteiger partial charge in [0.05, 0.1) is 4.47 Å². The molecule has 1 aromatic heterocycles. The summed E-state index contributed by atoms with van der Waals surface area (Å²) in [5.74, 6) is 0.954. The molecule has 0 fully saturated rings. The maximum Gasteiger partial charge on any atom is 0.146 e. The molecule has 1 aromatic carbocycles. The van der Waals surface area contributed by atoms with Crippen LogP contribution < -0.4 is 4.90 Å². The lowest BCUT2D eigenvalue weighted by molar-refractivity contribution is 0.750. The molecule has 1 heterocycles. The minimum atomic E-state index is 0.865. The van der Waals surface area contributed by atoms with Crippen LogP contribution in [0.2, 0.25) is 0 Å². The van der Waals surface area contributed by atoms with Crippen molar-refractivity contribution < 1.29 is 0 Å². The maximum absolute atomic E-state index is 4.36. The van der Waals surface area contributed by atoms with Crippen molar-refractivity contribution in [2.45, 2.75) is 19.9 Å². The van der Waals surface area contributed by atoms with Gasteiger partial charge in [0.2, 0.25) is 0 Å². The lowest BCUT2D eigenvalue weighted by Gasteiger charge is -2.24. The summed E-state index contributed by atoms with van der Waals surface area (Å²) < 4.78 is 0.939. The van der Waals surface area contributed by atoms with Crippen molar-refractivity contribution in [3.05, 3.63) is 52.9 Å². The highest BCUT2D eigenvalue weighted by molar-refractivity contribution is 9.10. The number of anilines is 1. The number of hydrogen-bond acceptors (Lipinski definition) is 3. The second kappa shape index (κ2) is 6.50. The Balaban J connectivity index is 2.21. The predicted molar refractivity (Wildman–Crippen MR) is 77.5 cm³/mol. The van der Waals surface area contributed by atoms with E-state index in [9.17, 15) is 0 Å². The monoisotopic (exact) mass is 305 g/mol. The Kier molecular flexibility index (Phi) is 4.70. The van der Waals surface area contributed by atoms with Crippen molar-refractivity contribution in [1.82, 2.24) is 9.97 Å². The van der Waals surface area contributed by atoms with E-state index in [1.54, 1.807) is 12.5 Å². The zero-order chi connectivity index (χ0) is 12.8. The highest BCUT2D eigenvalue weighted by atomic mass is 79.9. The molecule has 0 saturated heterocycles. The number of aromatic nitrogens is 2. The average Bonchev–Trinajstić information content (AvgIpc) is 2.40. The van der Waals surface area contributed by atoms with Gasteiger partial charge in [-0.1, -0.05) is 37.3 Å². The van der Waals surface area contributed by atoms with Crippen LogP contribution >= 0.6 is 15.9 Å². The van der Waals surface area contributed by atoms with Crippen LogP contribution in [0.15, 0.2) is 47.3 Å². The summed E-state index contributed by atoms with van der Waals surface area (Å²) in [5.41, 5.74) is 1.29. The number of halogens is 1. The van der Waals surface area contributed by atoms with Gasteiger partial charge in [-0.2, -0.15) is 0 Å². The number of hydrogen-bond donors (Lipinski definition) is 0. The molecule has 2 aromatic rings. The molecule has 0 saturated carbocycles. The van der Waals surface area contributed by atoms with Gasteiger partial charge in [-0.15, -0.1) is 0 Å². The molecular weight excluding hydrogens is 290 g/mol. The predicted octanol–water partition coefficient (Wildman–Crippen LogP) is 3.66. The van der Waals surface area contributed by atoms with Crippen molar-refractivity contribution in [3.63, 3.8) is 0 Å². The molecule has 18 heavy (non-hydrogen) atoms. The third-order valence-electron chi connectivity index (χ3n) is 2.66. The Morgan fingerprint density at radius 2 is 2.00 bits per heavy atom. The molecule has 0 unspecified atom stereocenters. The molecule has 0 radical (unpaired) electrons. The summed E-state index contributed by atoms with van der Waals surface area (Å²) >= 11 is 3.51. The number of nitrogens with zero attached hydrogens (tertiary/aromatic N) is 3. The molecular formula is C14H16BrN3. The SMILES string of the molecule is CCCN(Cc1ccccc1)c1ncncc1Br. The summed E-state index contributed by atoms with van der Waals surface area (Å²) in [4.78, 5) is 10.6. The summed E-state index contributed by atoms with van der Waals surface area (Å²) in [6.07, 6.45) is 4.47.